The molecular weight excluding hydrogens is 342 g/mol. The fourth-order valence-corrected chi connectivity index (χ4v) is 4.50. The molecule has 4 aliphatic rings. The zero-order chi connectivity index (χ0) is 18.2. The summed E-state index contributed by atoms with van der Waals surface area (Å²) >= 11 is 0. The first-order chi connectivity index (χ1) is 13.3. The Labute approximate surface area is 158 Å². The number of pyridine rings is 1. The van der Waals surface area contributed by atoms with E-state index in [1.54, 1.807) is 0 Å². The minimum atomic E-state index is 0.105. The predicted molar refractivity (Wildman–Crippen MR) is 99.6 cm³/mol. The van der Waals surface area contributed by atoms with E-state index in [0.29, 0.717) is 23.0 Å². The van der Waals surface area contributed by atoms with Gasteiger partial charge in [0.25, 0.3) is 5.91 Å². The van der Waals surface area contributed by atoms with Crippen molar-refractivity contribution in [3.05, 3.63) is 53.9 Å². The molecule has 0 saturated carbocycles. The van der Waals surface area contributed by atoms with Gasteiger partial charge in [0.1, 0.15) is 0 Å². The Morgan fingerprint density at radius 2 is 1.89 bits per heavy atom. The summed E-state index contributed by atoms with van der Waals surface area (Å²) in [5.41, 5.74) is 1.97. The quantitative estimate of drug-likeness (QED) is 0.837. The van der Waals surface area contributed by atoms with Crippen molar-refractivity contribution < 1.29 is 14.3 Å². The van der Waals surface area contributed by atoms with Gasteiger partial charge in [-0.15, -0.1) is 0 Å². The van der Waals surface area contributed by atoms with Crippen LogP contribution in [0.3, 0.4) is 0 Å². The highest BCUT2D eigenvalue weighted by molar-refractivity contribution is 5.95. The highest BCUT2D eigenvalue weighted by Gasteiger charge is 2.37. The number of nitrogens with zero attached hydrogens (tertiary/aromatic N) is 3. The number of benzene rings is 1. The third kappa shape index (κ3) is 3.25. The van der Waals surface area contributed by atoms with Crippen molar-refractivity contribution in [2.24, 2.45) is 5.92 Å². The molecule has 4 aliphatic heterocycles. The summed E-state index contributed by atoms with van der Waals surface area (Å²) < 4.78 is 10.8. The summed E-state index contributed by atoms with van der Waals surface area (Å²) in [5.74, 6) is 2.02. The molecule has 0 spiro atoms. The molecule has 1 aromatic carbocycles. The van der Waals surface area contributed by atoms with Gasteiger partial charge in [-0.05, 0) is 54.7 Å². The third-order valence-electron chi connectivity index (χ3n) is 5.83. The van der Waals surface area contributed by atoms with Crippen molar-refractivity contribution in [3.8, 4) is 11.5 Å². The van der Waals surface area contributed by atoms with Gasteiger partial charge >= 0.3 is 0 Å². The number of amides is 1. The molecule has 0 radical (unpaired) electrons. The predicted octanol–water partition coefficient (Wildman–Crippen LogP) is 2.55. The third-order valence-corrected chi connectivity index (χ3v) is 5.83. The lowest BCUT2D eigenvalue weighted by atomic mass is 9.94. The smallest absolute Gasteiger partial charge is 0.254 e. The van der Waals surface area contributed by atoms with Crippen LogP contribution in [0.2, 0.25) is 0 Å². The largest absolute Gasteiger partial charge is 0.454 e. The molecule has 5 heterocycles. The second-order valence-corrected chi connectivity index (χ2v) is 7.67. The van der Waals surface area contributed by atoms with E-state index in [2.05, 4.69) is 26.9 Å². The van der Waals surface area contributed by atoms with Crippen molar-refractivity contribution in [1.82, 2.24) is 14.8 Å². The van der Waals surface area contributed by atoms with Crippen LogP contribution in [0.15, 0.2) is 42.7 Å². The zero-order valence-corrected chi connectivity index (χ0v) is 15.2. The Morgan fingerprint density at radius 1 is 1.04 bits per heavy atom. The summed E-state index contributed by atoms with van der Waals surface area (Å²) in [6.07, 6.45) is 5.96. The van der Waals surface area contributed by atoms with Crippen LogP contribution in [0.5, 0.6) is 11.5 Å². The molecule has 140 valence electrons. The summed E-state index contributed by atoms with van der Waals surface area (Å²) in [5, 5.41) is 0. The molecule has 1 amide bonds. The number of rotatable bonds is 3. The fourth-order valence-electron chi connectivity index (χ4n) is 4.50. The van der Waals surface area contributed by atoms with Gasteiger partial charge in [-0.3, -0.25) is 14.7 Å². The Hall–Kier alpha value is -2.60. The van der Waals surface area contributed by atoms with E-state index in [9.17, 15) is 4.79 Å². The number of fused-ring (bicyclic) bond motifs is 5. The molecule has 27 heavy (non-hydrogen) atoms. The summed E-state index contributed by atoms with van der Waals surface area (Å²) in [6.45, 7) is 3.95. The SMILES string of the molecule is O=C(c1ccc2c(c1)OCO2)N1C[C@H]2CC[C@@H]1CN(Cc1ccncc1)C2. The van der Waals surface area contributed by atoms with Gasteiger partial charge in [0.15, 0.2) is 11.5 Å². The number of aromatic nitrogens is 1. The zero-order valence-electron chi connectivity index (χ0n) is 15.2. The van der Waals surface area contributed by atoms with E-state index in [4.69, 9.17) is 9.47 Å². The number of hydrogen-bond donors (Lipinski definition) is 0. The van der Waals surface area contributed by atoms with Gasteiger partial charge < -0.3 is 14.4 Å². The lowest BCUT2D eigenvalue weighted by molar-refractivity contribution is 0.0584. The highest BCUT2D eigenvalue weighted by Crippen LogP contribution is 2.34. The van der Waals surface area contributed by atoms with Crippen molar-refractivity contribution >= 4 is 5.91 Å². The van der Waals surface area contributed by atoms with Crippen LogP contribution in [0.4, 0.5) is 0 Å². The first-order valence-electron chi connectivity index (χ1n) is 9.58. The maximum absolute atomic E-state index is 13.2. The van der Waals surface area contributed by atoms with Crippen molar-refractivity contribution in [2.45, 2.75) is 25.4 Å². The average molecular weight is 365 g/mol. The molecular formula is C21H23N3O3. The number of carbonyl (C=O) groups excluding carboxylic acids is 1. The van der Waals surface area contributed by atoms with E-state index in [1.165, 1.54) is 12.0 Å². The Bertz CT molecular complexity index is 842. The molecule has 6 heteroatoms. The number of carbonyl (C=O) groups is 1. The van der Waals surface area contributed by atoms with Crippen LogP contribution in [0, 0.1) is 5.92 Å². The Morgan fingerprint density at radius 3 is 2.78 bits per heavy atom. The van der Waals surface area contributed by atoms with Crippen LogP contribution in [0.1, 0.15) is 28.8 Å². The van der Waals surface area contributed by atoms with Crippen LogP contribution < -0.4 is 9.47 Å². The van der Waals surface area contributed by atoms with Crippen molar-refractivity contribution in [1.29, 1.82) is 0 Å². The topological polar surface area (TPSA) is 54.9 Å². The summed E-state index contributed by atoms with van der Waals surface area (Å²) in [7, 11) is 0. The normalized spacial score (nSPS) is 24.1. The number of piperidine rings is 1. The van der Waals surface area contributed by atoms with Crippen LogP contribution in [-0.2, 0) is 6.54 Å². The molecule has 0 N–H and O–H groups in total. The van der Waals surface area contributed by atoms with Gasteiger partial charge in [-0.2, -0.15) is 0 Å². The molecule has 3 fully saturated rings. The second-order valence-electron chi connectivity index (χ2n) is 7.67. The molecule has 3 saturated heterocycles. The first kappa shape index (κ1) is 16.6. The molecule has 2 aromatic rings. The van der Waals surface area contributed by atoms with Gasteiger partial charge in [-0.1, -0.05) is 0 Å². The van der Waals surface area contributed by atoms with Crippen LogP contribution >= 0.6 is 0 Å². The van der Waals surface area contributed by atoms with E-state index in [1.807, 2.05) is 30.6 Å². The first-order valence-corrected chi connectivity index (χ1v) is 9.58. The maximum atomic E-state index is 13.2. The molecule has 6 nitrogen and oxygen atoms in total. The van der Waals surface area contributed by atoms with E-state index >= 15 is 0 Å². The molecule has 2 bridgehead atoms. The fraction of sp³-hybridized carbons (Fsp3) is 0.429. The second kappa shape index (κ2) is 6.85. The van der Waals surface area contributed by atoms with Gasteiger partial charge in [0, 0.05) is 50.2 Å². The number of ether oxygens (including phenoxy) is 2. The van der Waals surface area contributed by atoms with E-state index < -0.39 is 0 Å². The standard InChI is InChI=1S/C21H23N3O3/c25-21(17-2-4-19-20(9-17)27-14-26-19)24-12-16-1-3-18(24)13-23(11-16)10-15-5-7-22-8-6-15/h2,4-9,16,18H,1,3,10-14H2/t16-,18+/m0/s1. The van der Waals surface area contributed by atoms with E-state index in [0.717, 1.165) is 32.6 Å². The summed E-state index contributed by atoms with van der Waals surface area (Å²) in [4.78, 5) is 21.9. The molecule has 0 unspecified atom stereocenters. The minimum Gasteiger partial charge on any atom is -0.454 e. The van der Waals surface area contributed by atoms with Gasteiger partial charge in [0.2, 0.25) is 6.79 Å². The van der Waals surface area contributed by atoms with Crippen molar-refractivity contribution in [2.75, 3.05) is 26.4 Å². The number of hydrogen-bond acceptors (Lipinski definition) is 5. The van der Waals surface area contributed by atoms with Gasteiger partial charge in [-0.25, -0.2) is 0 Å². The molecule has 0 aliphatic carbocycles. The van der Waals surface area contributed by atoms with Gasteiger partial charge in [0.05, 0.1) is 0 Å². The highest BCUT2D eigenvalue weighted by atomic mass is 16.7. The average Bonchev–Trinajstić information content (AvgIpc) is 3.00. The molecule has 1 aromatic heterocycles. The molecule has 2 atom stereocenters. The lowest BCUT2D eigenvalue weighted by Crippen LogP contribution is -2.47. The van der Waals surface area contributed by atoms with E-state index in [-0.39, 0.29) is 18.7 Å². The molecule has 6 rings (SSSR count). The maximum Gasteiger partial charge on any atom is 0.254 e. The Balaban J connectivity index is 1.33. The summed E-state index contributed by atoms with van der Waals surface area (Å²) in [6, 6.07) is 9.91. The van der Waals surface area contributed by atoms with Crippen LogP contribution in [-0.4, -0.2) is 53.2 Å². The lowest BCUT2D eigenvalue weighted by Gasteiger charge is -2.36. The van der Waals surface area contributed by atoms with Crippen molar-refractivity contribution in [3.63, 3.8) is 0 Å². The Kier molecular flexibility index (Phi) is 4.20. The van der Waals surface area contributed by atoms with Crippen LogP contribution in [0.25, 0.3) is 0 Å². The minimum absolute atomic E-state index is 0.105. The monoisotopic (exact) mass is 365 g/mol.